The van der Waals surface area contributed by atoms with Crippen molar-refractivity contribution in [3.8, 4) is 11.1 Å². The average Bonchev–Trinajstić information content (AvgIpc) is 3.15. The fourth-order valence-electron chi connectivity index (χ4n) is 2.76. The van der Waals surface area contributed by atoms with Crippen molar-refractivity contribution in [1.29, 1.82) is 0 Å². The Morgan fingerprint density at radius 3 is 2.56 bits per heavy atom. The predicted molar refractivity (Wildman–Crippen MR) is 99.7 cm³/mol. The zero-order chi connectivity index (χ0) is 17.6. The number of aryl methyl sites for hydroxylation is 1. The fourth-order valence-corrected chi connectivity index (χ4v) is 3.28. The number of pyridine rings is 1. The lowest BCUT2D eigenvalue weighted by Gasteiger charge is -2.08. The predicted octanol–water partition coefficient (Wildman–Crippen LogP) is 3.77. The SMILES string of the molecule is Cn1cc(-c2cnc3c(N)nn(Cc4c(Cl)cccc4Cl)c3c2)cn1. The number of halogens is 2. The molecule has 4 rings (SSSR count). The summed E-state index contributed by atoms with van der Waals surface area (Å²) in [5.41, 5.74) is 10.2. The highest BCUT2D eigenvalue weighted by Crippen LogP contribution is 2.29. The van der Waals surface area contributed by atoms with E-state index >= 15 is 0 Å². The van der Waals surface area contributed by atoms with Gasteiger partial charge in [0, 0.05) is 46.2 Å². The minimum Gasteiger partial charge on any atom is -0.380 e. The monoisotopic (exact) mass is 372 g/mol. The van der Waals surface area contributed by atoms with E-state index in [9.17, 15) is 0 Å². The normalized spacial score (nSPS) is 11.3. The summed E-state index contributed by atoms with van der Waals surface area (Å²) in [4.78, 5) is 4.46. The summed E-state index contributed by atoms with van der Waals surface area (Å²) < 4.78 is 3.51. The molecule has 126 valence electrons. The van der Waals surface area contributed by atoms with E-state index in [-0.39, 0.29) is 0 Å². The minimum atomic E-state index is 0.371. The van der Waals surface area contributed by atoms with Gasteiger partial charge in [-0.05, 0) is 18.2 Å². The van der Waals surface area contributed by atoms with E-state index in [0.717, 1.165) is 22.2 Å². The van der Waals surface area contributed by atoms with E-state index in [1.807, 2.05) is 25.4 Å². The summed E-state index contributed by atoms with van der Waals surface area (Å²) in [6.07, 6.45) is 5.49. The van der Waals surface area contributed by atoms with Crippen molar-refractivity contribution >= 4 is 40.1 Å². The fraction of sp³-hybridized carbons (Fsp3) is 0.118. The molecule has 2 N–H and O–H groups in total. The third-order valence-electron chi connectivity index (χ3n) is 4.02. The summed E-state index contributed by atoms with van der Waals surface area (Å²) in [5, 5.41) is 9.78. The van der Waals surface area contributed by atoms with Crippen LogP contribution in [0.3, 0.4) is 0 Å². The summed E-state index contributed by atoms with van der Waals surface area (Å²) in [7, 11) is 1.87. The van der Waals surface area contributed by atoms with Gasteiger partial charge in [0.25, 0.3) is 0 Å². The van der Waals surface area contributed by atoms with E-state index in [1.165, 1.54) is 0 Å². The number of anilines is 1. The first-order valence-corrected chi connectivity index (χ1v) is 8.32. The zero-order valence-corrected chi connectivity index (χ0v) is 14.8. The third-order valence-corrected chi connectivity index (χ3v) is 4.73. The minimum absolute atomic E-state index is 0.371. The van der Waals surface area contributed by atoms with E-state index in [0.29, 0.717) is 27.9 Å². The molecule has 0 aliphatic carbocycles. The molecule has 0 amide bonds. The van der Waals surface area contributed by atoms with E-state index in [1.54, 1.807) is 33.9 Å². The van der Waals surface area contributed by atoms with Gasteiger partial charge in [0.2, 0.25) is 0 Å². The highest BCUT2D eigenvalue weighted by atomic mass is 35.5. The summed E-state index contributed by atoms with van der Waals surface area (Å²) >= 11 is 12.6. The molecule has 0 aliphatic rings. The van der Waals surface area contributed by atoms with Crippen molar-refractivity contribution in [3.63, 3.8) is 0 Å². The first-order valence-electron chi connectivity index (χ1n) is 7.57. The number of fused-ring (bicyclic) bond motifs is 1. The number of hydrogen-bond donors (Lipinski definition) is 1. The molecule has 0 aliphatic heterocycles. The highest BCUT2D eigenvalue weighted by Gasteiger charge is 2.14. The average molecular weight is 373 g/mol. The van der Waals surface area contributed by atoms with Crippen molar-refractivity contribution in [3.05, 3.63) is 58.5 Å². The molecule has 0 radical (unpaired) electrons. The summed E-state index contributed by atoms with van der Waals surface area (Å²) in [5.74, 6) is 0.371. The molecule has 0 bridgehead atoms. The standard InChI is InChI=1S/C17H14Cl2N6/c1-24-8-11(7-22-24)10-5-15-16(21-6-10)17(20)23-25(15)9-12-13(18)3-2-4-14(12)19/h2-8H,9H2,1H3,(H2,20,23). The largest absolute Gasteiger partial charge is 0.380 e. The molecule has 0 saturated heterocycles. The van der Waals surface area contributed by atoms with Crippen molar-refractivity contribution in [2.45, 2.75) is 6.54 Å². The molecule has 6 nitrogen and oxygen atoms in total. The van der Waals surface area contributed by atoms with E-state index < -0.39 is 0 Å². The number of hydrogen-bond acceptors (Lipinski definition) is 4. The zero-order valence-electron chi connectivity index (χ0n) is 13.3. The van der Waals surface area contributed by atoms with Gasteiger partial charge in [-0.3, -0.25) is 14.3 Å². The quantitative estimate of drug-likeness (QED) is 0.593. The third kappa shape index (κ3) is 2.83. The lowest BCUT2D eigenvalue weighted by atomic mass is 10.1. The molecule has 0 fully saturated rings. The van der Waals surface area contributed by atoms with Crippen LogP contribution in [0, 0.1) is 0 Å². The van der Waals surface area contributed by atoms with Crippen LogP contribution in [0.4, 0.5) is 5.82 Å². The van der Waals surface area contributed by atoms with Crippen LogP contribution in [0.5, 0.6) is 0 Å². The number of rotatable bonds is 3. The molecule has 1 aromatic carbocycles. The van der Waals surface area contributed by atoms with Gasteiger partial charge in [0.15, 0.2) is 5.82 Å². The second kappa shape index (κ2) is 6.06. The number of nitrogen functional groups attached to an aromatic ring is 1. The van der Waals surface area contributed by atoms with Crippen LogP contribution < -0.4 is 5.73 Å². The van der Waals surface area contributed by atoms with E-state index in [4.69, 9.17) is 28.9 Å². The molecule has 3 aromatic heterocycles. The maximum Gasteiger partial charge on any atom is 0.172 e. The first-order chi connectivity index (χ1) is 12.0. The van der Waals surface area contributed by atoms with Crippen molar-refractivity contribution in [1.82, 2.24) is 24.5 Å². The summed E-state index contributed by atoms with van der Waals surface area (Å²) in [6, 6.07) is 7.41. The van der Waals surface area contributed by atoms with Gasteiger partial charge in [0.1, 0.15) is 5.52 Å². The van der Waals surface area contributed by atoms with Crippen molar-refractivity contribution in [2.24, 2.45) is 7.05 Å². The maximum atomic E-state index is 6.28. The molecule has 8 heteroatoms. The van der Waals surface area contributed by atoms with Gasteiger partial charge in [0.05, 0.1) is 18.3 Å². The molecule has 25 heavy (non-hydrogen) atoms. The van der Waals surface area contributed by atoms with Gasteiger partial charge in [-0.1, -0.05) is 29.3 Å². The van der Waals surface area contributed by atoms with Crippen molar-refractivity contribution < 1.29 is 0 Å². The van der Waals surface area contributed by atoms with Crippen LogP contribution in [0.15, 0.2) is 42.9 Å². The Kier molecular flexibility index (Phi) is 3.86. The van der Waals surface area contributed by atoms with Gasteiger partial charge in [-0.15, -0.1) is 0 Å². The lowest BCUT2D eigenvalue weighted by molar-refractivity contribution is 0.716. The Morgan fingerprint density at radius 1 is 1.12 bits per heavy atom. The molecule has 0 saturated carbocycles. The molecule has 4 aromatic rings. The molecule has 3 heterocycles. The second-order valence-electron chi connectivity index (χ2n) is 5.74. The van der Waals surface area contributed by atoms with Gasteiger partial charge in [-0.25, -0.2) is 0 Å². The Labute approximate surface area is 153 Å². The highest BCUT2D eigenvalue weighted by molar-refractivity contribution is 6.36. The molecular formula is C17H14Cl2N6. The van der Waals surface area contributed by atoms with Crippen LogP contribution in [0.25, 0.3) is 22.2 Å². The maximum absolute atomic E-state index is 6.28. The Balaban J connectivity index is 1.83. The lowest BCUT2D eigenvalue weighted by Crippen LogP contribution is -2.03. The van der Waals surface area contributed by atoms with Crippen LogP contribution in [-0.4, -0.2) is 24.5 Å². The number of nitrogens with two attached hydrogens (primary N) is 1. The molecular weight excluding hydrogens is 359 g/mol. The van der Waals surface area contributed by atoms with Crippen LogP contribution >= 0.6 is 23.2 Å². The number of aromatic nitrogens is 5. The topological polar surface area (TPSA) is 74.6 Å². The van der Waals surface area contributed by atoms with Crippen molar-refractivity contribution in [2.75, 3.05) is 5.73 Å². The molecule has 0 atom stereocenters. The Hall–Kier alpha value is -2.57. The molecule has 0 unspecified atom stereocenters. The first kappa shape index (κ1) is 15.9. The number of nitrogens with zero attached hydrogens (tertiary/aromatic N) is 5. The van der Waals surface area contributed by atoms with Gasteiger partial charge >= 0.3 is 0 Å². The van der Waals surface area contributed by atoms with Crippen LogP contribution in [-0.2, 0) is 13.6 Å². The van der Waals surface area contributed by atoms with Crippen LogP contribution in [0.1, 0.15) is 5.56 Å². The molecule has 0 spiro atoms. The van der Waals surface area contributed by atoms with E-state index in [2.05, 4.69) is 15.2 Å². The Bertz CT molecular complexity index is 1060. The van der Waals surface area contributed by atoms with Gasteiger partial charge < -0.3 is 5.73 Å². The van der Waals surface area contributed by atoms with Crippen LogP contribution in [0.2, 0.25) is 10.0 Å². The smallest absolute Gasteiger partial charge is 0.172 e. The van der Waals surface area contributed by atoms with Gasteiger partial charge in [-0.2, -0.15) is 10.2 Å². The number of benzene rings is 1. The second-order valence-corrected chi connectivity index (χ2v) is 6.55. The summed E-state index contributed by atoms with van der Waals surface area (Å²) in [6.45, 7) is 0.407. The Morgan fingerprint density at radius 2 is 1.88 bits per heavy atom.